The molecule has 0 fully saturated rings. The number of carbonyl (C=O) groups is 1. The van der Waals surface area contributed by atoms with Crippen LogP contribution in [0.4, 0.5) is 0 Å². The fourth-order valence-corrected chi connectivity index (χ4v) is 1.28. The van der Waals surface area contributed by atoms with Crippen LogP contribution in [0.25, 0.3) is 0 Å². The largest absolute Gasteiger partial charge is 0.492 e. The third-order valence-corrected chi connectivity index (χ3v) is 2.02. The van der Waals surface area contributed by atoms with E-state index in [1.165, 1.54) is 0 Å². The highest BCUT2D eigenvalue weighted by molar-refractivity contribution is 5.96. The van der Waals surface area contributed by atoms with Gasteiger partial charge in [0.1, 0.15) is 5.75 Å². The van der Waals surface area contributed by atoms with Crippen LogP contribution in [0.15, 0.2) is 18.5 Å². The molecule has 0 saturated carbocycles. The van der Waals surface area contributed by atoms with Crippen molar-refractivity contribution < 1.29 is 9.53 Å². The highest BCUT2D eigenvalue weighted by Gasteiger charge is 2.09. The summed E-state index contributed by atoms with van der Waals surface area (Å²) >= 11 is 0. The summed E-state index contributed by atoms with van der Waals surface area (Å²) in [4.78, 5) is 15.7. The minimum atomic E-state index is -0.132. The van der Waals surface area contributed by atoms with Crippen LogP contribution in [0.5, 0.6) is 5.75 Å². The summed E-state index contributed by atoms with van der Waals surface area (Å²) in [6, 6.07) is 1.58. The van der Waals surface area contributed by atoms with Crippen LogP contribution < -0.4 is 10.5 Å². The zero-order chi connectivity index (χ0) is 12.0. The van der Waals surface area contributed by atoms with Crippen molar-refractivity contribution in [3.05, 3.63) is 24.0 Å². The fourth-order valence-electron chi connectivity index (χ4n) is 1.28. The maximum absolute atomic E-state index is 11.7. The summed E-state index contributed by atoms with van der Waals surface area (Å²) in [5.74, 6) is 0.641. The molecule has 0 aromatic carbocycles. The summed E-state index contributed by atoms with van der Waals surface area (Å²) in [7, 11) is 0. The van der Waals surface area contributed by atoms with Crippen molar-refractivity contribution in [2.45, 2.75) is 32.7 Å². The Hall–Kier alpha value is -1.42. The highest BCUT2D eigenvalue weighted by atomic mass is 16.5. The lowest BCUT2D eigenvalue weighted by molar-refractivity contribution is 0.0975. The van der Waals surface area contributed by atoms with Crippen molar-refractivity contribution >= 4 is 5.78 Å². The maximum Gasteiger partial charge on any atom is 0.166 e. The van der Waals surface area contributed by atoms with Crippen molar-refractivity contribution in [2.24, 2.45) is 5.73 Å². The van der Waals surface area contributed by atoms with E-state index in [1.54, 1.807) is 18.5 Å². The van der Waals surface area contributed by atoms with E-state index < -0.39 is 0 Å². The van der Waals surface area contributed by atoms with Crippen molar-refractivity contribution in [3.63, 3.8) is 0 Å². The number of nitrogens with two attached hydrogens (primary N) is 1. The average Bonchev–Trinajstić information content (AvgIpc) is 2.26. The van der Waals surface area contributed by atoms with Gasteiger partial charge in [-0.05, 0) is 19.4 Å². The Kier molecular flexibility index (Phi) is 4.92. The van der Waals surface area contributed by atoms with E-state index in [0.717, 1.165) is 6.42 Å². The number of Topliss-reactive ketones (excluding diaryl/α,β-unsaturated/α-hetero) is 1. The first-order valence-corrected chi connectivity index (χ1v) is 5.50. The van der Waals surface area contributed by atoms with Gasteiger partial charge in [-0.1, -0.05) is 6.92 Å². The summed E-state index contributed by atoms with van der Waals surface area (Å²) in [6.07, 6.45) is 4.42. The SMILES string of the molecule is CCCOc1cncc(C(=O)CC(C)N)c1. The molecule has 1 heterocycles. The van der Waals surface area contributed by atoms with Gasteiger partial charge in [-0.3, -0.25) is 9.78 Å². The molecule has 1 atom stereocenters. The summed E-state index contributed by atoms with van der Waals surface area (Å²) in [6.45, 7) is 4.47. The van der Waals surface area contributed by atoms with Crippen LogP contribution >= 0.6 is 0 Å². The normalized spacial score (nSPS) is 12.2. The molecule has 0 aliphatic heterocycles. The molecule has 2 N–H and O–H groups in total. The number of nitrogens with zero attached hydrogens (tertiary/aromatic N) is 1. The van der Waals surface area contributed by atoms with E-state index in [2.05, 4.69) is 4.98 Å². The number of hydrogen-bond acceptors (Lipinski definition) is 4. The quantitative estimate of drug-likeness (QED) is 0.745. The van der Waals surface area contributed by atoms with Crippen LogP contribution in [0.3, 0.4) is 0 Å². The van der Waals surface area contributed by atoms with Crippen molar-refractivity contribution in [3.8, 4) is 5.75 Å². The van der Waals surface area contributed by atoms with E-state index in [4.69, 9.17) is 10.5 Å². The Morgan fingerprint density at radius 1 is 1.56 bits per heavy atom. The lowest BCUT2D eigenvalue weighted by Crippen LogP contribution is -2.19. The van der Waals surface area contributed by atoms with Gasteiger partial charge in [0.2, 0.25) is 0 Å². The molecular formula is C12H18N2O2. The van der Waals surface area contributed by atoms with Crippen LogP contribution in [-0.4, -0.2) is 23.4 Å². The van der Waals surface area contributed by atoms with Gasteiger partial charge in [0, 0.05) is 24.2 Å². The molecule has 88 valence electrons. The highest BCUT2D eigenvalue weighted by Crippen LogP contribution is 2.13. The molecule has 0 aliphatic rings. The van der Waals surface area contributed by atoms with Crippen molar-refractivity contribution in [1.82, 2.24) is 4.98 Å². The number of hydrogen-bond donors (Lipinski definition) is 1. The zero-order valence-corrected chi connectivity index (χ0v) is 9.77. The third kappa shape index (κ3) is 3.98. The predicted octanol–water partition coefficient (Wildman–Crippen LogP) is 1.79. The van der Waals surface area contributed by atoms with E-state index in [-0.39, 0.29) is 11.8 Å². The van der Waals surface area contributed by atoms with Crippen LogP contribution in [-0.2, 0) is 0 Å². The molecule has 1 rings (SSSR count). The Bertz CT molecular complexity index is 351. The van der Waals surface area contributed by atoms with E-state index >= 15 is 0 Å². The van der Waals surface area contributed by atoms with Gasteiger partial charge in [-0.15, -0.1) is 0 Å². The number of pyridine rings is 1. The molecule has 1 unspecified atom stereocenters. The third-order valence-electron chi connectivity index (χ3n) is 2.02. The zero-order valence-electron chi connectivity index (χ0n) is 9.77. The summed E-state index contributed by atoms with van der Waals surface area (Å²) in [5.41, 5.74) is 6.14. The topological polar surface area (TPSA) is 65.2 Å². The molecule has 0 spiro atoms. The number of rotatable bonds is 6. The lowest BCUT2D eigenvalue weighted by atomic mass is 10.1. The molecule has 0 amide bonds. The number of ketones is 1. The smallest absolute Gasteiger partial charge is 0.166 e. The molecule has 0 radical (unpaired) electrons. The standard InChI is InChI=1S/C12H18N2O2/c1-3-4-16-11-6-10(7-14-8-11)12(15)5-9(2)13/h6-9H,3-5,13H2,1-2H3. The fraction of sp³-hybridized carbons (Fsp3) is 0.500. The summed E-state index contributed by atoms with van der Waals surface area (Å²) < 4.78 is 5.40. The average molecular weight is 222 g/mol. The van der Waals surface area contributed by atoms with Crippen molar-refractivity contribution in [2.75, 3.05) is 6.61 Å². The van der Waals surface area contributed by atoms with Crippen molar-refractivity contribution in [1.29, 1.82) is 0 Å². The second-order valence-corrected chi connectivity index (χ2v) is 3.86. The number of carbonyl (C=O) groups excluding carboxylic acids is 1. The van der Waals surface area contributed by atoms with Crippen LogP contribution in [0.2, 0.25) is 0 Å². The Morgan fingerprint density at radius 3 is 2.94 bits per heavy atom. The monoisotopic (exact) mass is 222 g/mol. The van der Waals surface area contributed by atoms with Gasteiger partial charge in [0.05, 0.1) is 12.8 Å². The molecule has 1 aromatic rings. The van der Waals surface area contributed by atoms with Gasteiger partial charge in [-0.25, -0.2) is 0 Å². The van der Waals surface area contributed by atoms with E-state index in [1.807, 2.05) is 13.8 Å². The first-order valence-electron chi connectivity index (χ1n) is 5.50. The Labute approximate surface area is 95.8 Å². The van der Waals surface area contributed by atoms with E-state index in [9.17, 15) is 4.79 Å². The van der Waals surface area contributed by atoms with Gasteiger partial charge in [-0.2, -0.15) is 0 Å². The van der Waals surface area contributed by atoms with Gasteiger partial charge in [0.25, 0.3) is 0 Å². The minimum Gasteiger partial charge on any atom is -0.492 e. The molecule has 4 nitrogen and oxygen atoms in total. The van der Waals surface area contributed by atoms with Gasteiger partial charge >= 0.3 is 0 Å². The predicted molar refractivity (Wildman–Crippen MR) is 62.6 cm³/mol. The molecule has 16 heavy (non-hydrogen) atoms. The lowest BCUT2D eigenvalue weighted by Gasteiger charge is -2.07. The summed E-state index contributed by atoms with van der Waals surface area (Å²) in [5, 5.41) is 0. The maximum atomic E-state index is 11.7. The Morgan fingerprint density at radius 2 is 2.31 bits per heavy atom. The van der Waals surface area contributed by atoms with Gasteiger partial charge in [0.15, 0.2) is 5.78 Å². The second kappa shape index (κ2) is 6.23. The minimum absolute atomic E-state index is 0.00412. The first-order chi connectivity index (χ1) is 7.63. The molecule has 0 bridgehead atoms. The Balaban J connectivity index is 2.69. The number of ether oxygens (including phenoxy) is 1. The molecule has 0 saturated heterocycles. The van der Waals surface area contributed by atoms with Gasteiger partial charge < -0.3 is 10.5 Å². The second-order valence-electron chi connectivity index (χ2n) is 3.86. The molecule has 1 aromatic heterocycles. The number of aromatic nitrogens is 1. The molecule has 4 heteroatoms. The molecule has 0 aliphatic carbocycles. The van der Waals surface area contributed by atoms with Crippen LogP contribution in [0.1, 0.15) is 37.0 Å². The van der Waals surface area contributed by atoms with Crippen LogP contribution in [0, 0.1) is 0 Å². The first kappa shape index (κ1) is 12.6. The van der Waals surface area contributed by atoms with E-state index in [0.29, 0.717) is 24.3 Å². The molecular weight excluding hydrogens is 204 g/mol.